The Morgan fingerprint density at radius 1 is 1.44 bits per heavy atom. The van der Waals surface area contributed by atoms with E-state index in [1.54, 1.807) is 22.2 Å². The van der Waals surface area contributed by atoms with Crippen molar-refractivity contribution in [2.45, 2.75) is 39.2 Å². The summed E-state index contributed by atoms with van der Waals surface area (Å²) in [6.45, 7) is 5.04. The summed E-state index contributed by atoms with van der Waals surface area (Å²) in [4.78, 5) is 18.8. The summed E-state index contributed by atoms with van der Waals surface area (Å²) in [7, 11) is 0. The molecule has 0 N–H and O–H groups in total. The van der Waals surface area contributed by atoms with Crippen LogP contribution in [0.25, 0.3) is 10.2 Å². The Kier molecular flexibility index (Phi) is 4.56. The van der Waals surface area contributed by atoms with Gasteiger partial charge in [-0.1, -0.05) is 29.8 Å². The van der Waals surface area contributed by atoms with E-state index in [1.165, 1.54) is 4.88 Å². The van der Waals surface area contributed by atoms with Gasteiger partial charge in [0.05, 0.1) is 11.7 Å². The molecule has 0 fully saturated rings. The van der Waals surface area contributed by atoms with E-state index in [4.69, 9.17) is 0 Å². The maximum Gasteiger partial charge on any atom is 0.262 e. The number of fused-ring (bicyclic) bond motifs is 1. The van der Waals surface area contributed by atoms with Crippen LogP contribution in [-0.4, -0.2) is 14.9 Å². The first-order valence-corrected chi connectivity index (χ1v) is 8.19. The van der Waals surface area contributed by atoms with Crippen molar-refractivity contribution in [3.05, 3.63) is 27.6 Å². The predicted molar refractivity (Wildman–Crippen MR) is 81.0 cm³/mol. The molecule has 0 unspecified atom stereocenters. The molecule has 2 aromatic rings. The summed E-state index contributed by atoms with van der Waals surface area (Å²) in [6.07, 6.45) is 3.87. The average Bonchev–Trinajstić information content (AvgIpc) is 2.79. The quantitative estimate of drug-likeness (QED) is 0.783. The van der Waals surface area contributed by atoms with Gasteiger partial charge < -0.3 is 0 Å². The van der Waals surface area contributed by atoms with Crippen LogP contribution in [0.2, 0.25) is 0 Å². The summed E-state index contributed by atoms with van der Waals surface area (Å²) < 4.78 is 1.67. The lowest BCUT2D eigenvalue weighted by molar-refractivity contribution is 0.653. The number of hydrogen-bond donors (Lipinski definition) is 0. The highest BCUT2D eigenvalue weighted by Gasteiger charge is 2.14. The standard InChI is InChI=1S/C13H17BrN2OS/c1-3-9(4-2)11-7-10-12(18-11)15-8-16(6-5-14)13(10)17/h7-9H,3-6H2,1-2H3. The van der Waals surface area contributed by atoms with Crippen molar-refractivity contribution in [3.63, 3.8) is 0 Å². The van der Waals surface area contributed by atoms with Crippen molar-refractivity contribution < 1.29 is 0 Å². The molecular weight excluding hydrogens is 312 g/mol. The molecule has 18 heavy (non-hydrogen) atoms. The highest BCUT2D eigenvalue weighted by Crippen LogP contribution is 2.31. The average molecular weight is 329 g/mol. The van der Waals surface area contributed by atoms with E-state index in [1.807, 2.05) is 6.07 Å². The van der Waals surface area contributed by atoms with Crippen molar-refractivity contribution in [2.24, 2.45) is 0 Å². The fourth-order valence-corrected chi connectivity index (χ4v) is 3.76. The monoisotopic (exact) mass is 328 g/mol. The first kappa shape index (κ1) is 13.7. The third-order valence-corrected chi connectivity index (χ3v) is 4.81. The molecule has 0 aliphatic rings. The van der Waals surface area contributed by atoms with Crippen LogP contribution in [0.15, 0.2) is 17.2 Å². The van der Waals surface area contributed by atoms with E-state index in [2.05, 4.69) is 34.8 Å². The molecule has 2 aromatic heterocycles. The minimum atomic E-state index is 0.0768. The number of halogens is 1. The molecule has 0 atom stereocenters. The maximum atomic E-state index is 12.2. The second-order valence-electron chi connectivity index (χ2n) is 4.31. The van der Waals surface area contributed by atoms with Crippen molar-refractivity contribution in [1.82, 2.24) is 9.55 Å². The summed E-state index contributed by atoms with van der Waals surface area (Å²) in [5, 5.41) is 1.54. The Morgan fingerprint density at radius 3 is 2.78 bits per heavy atom. The lowest BCUT2D eigenvalue weighted by Crippen LogP contribution is -2.20. The molecule has 2 heterocycles. The zero-order valence-electron chi connectivity index (χ0n) is 10.6. The molecule has 0 amide bonds. The molecule has 3 nitrogen and oxygen atoms in total. The van der Waals surface area contributed by atoms with Crippen LogP contribution in [0.5, 0.6) is 0 Å². The van der Waals surface area contributed by atoms with Gasteiger partial charge in [0.15, 0.2) is 0 Å². The van der Waals surface area contributed by atoms with E-state index in [-0.39, 0.29) is 5.56 Å². The first-order valence-electron chi connectivity index (χ1n) is 6.26. The van der Waals surface area contributed by atoms with Crippen molar-refractivity contribution >= 4 is 37.5 Å². The van der Waals surface area contributed by atoms with Crippen LogP contribution in [0.1, 0.15) is 37.5 Å². The molecule has 0 radical (unpaired) electrons. The summed E-state index contributed by atoms with van der Waals surface area (Å²) in [5.74, 6) is 0.549. The normalized spacial score (nSPS) is 11.6. The zero-order chi connectivity index (χ0) is 13.1. The van der Waals surface area contributed by atoms with E-state index in [0.29, 0.717) is 12.5 Å². The van der Waals surface area contributed by atoms with Gasteiger partial charge in [0.1, 0.15) is 4.83 Å². The molecule has 0 spiro atoms. The van der Waals surface area contributed by atoms with Gasteiger partial charge in [0.25, 0.3) is 5.56 Å². The number of thiophene rings is 1. The number of hydrogen-bond acceptors (Lipinski definition) is 3. The molecule has 98 valence electrons. The van der Waals surface area contributed by atoms with E-state index >= 15 is 0 Å². The van der Waals surface area contributed by atoms with Gasteiger partial charge in [-0.3, -0.25) is 9.36 Å². The smallest absolute Gasteiger partial charge is 0.262 e. The number of alkyl halides is 1. The lowest BCUT2D eigenvalue weighted by atomic mass is 10.0. The largest absolute Gasteiger partial charge is 0.298 e. The van der Waals surface area contributed by atoms with Crippen molar-refractivity contribution in [1.29, 1.82) is 0 Å². The third-order valence-electron chi connectivity index (χ3n) is 3.25. The van der Waals surface area contributed by atoms with Gasteiger partial charge in [0, 0.05) is 16.8 Å². The zero-order valence-corrected chi connectivity index (χ0v) is 13.1. The minimum absolute atomic E-state index is 0.0768. The number of nitrogens with zero attached hydrogens (tertiary/aromatic N) is 2. The van der Waals surface area contributed by atoms with Crippen LogP contribution < -0.4 is 5.56 Å². The highest BCUT2D eigenvalue weighted by molar-refractivity contribution is 9.09. The Morgan fingerprint density at radius 2 is 2.17 bits per heavy atom. The molecule has 0 aromatic carbocycles. The SMILES string of the molecule is CCC(CC)c1cc2c(=O)n(CCBr)cnc2s1. The molecule has 5 heteroatoms. The van der Waals surface area contributed by atoms with Gasteiger partial charge >= 0.3 is 0 Å². The van der Waals surface area contributed by atoms with Crippen LogP contribution in [0, 0.1) is 0 Å². The number of rotatable bonds is 5. The van der Waals surface area contributed by atoms with Gasteiger partial charge in [-0.15, -0.1) is 11.3 Å². The molecular formula is C13H17BrN2OS. The van der Waals surface area contributed by atoms with Crippen molar-refractivity contribution in [3.8, 4) is 0 Å². The Bertz CT molecular complexity index is 586. The fraction of sp³-hybridized carbons (Fsp3) is 0.538. The Balaban J connectivity index is 2.51. The van der Waals surface area contributed by atoms with Crippen LogP contribution in [-0.2, 0) is 6.54 Å². The van der Waals surface area contributed by atoms with Gasteiger partial charge in [0.2, 0.25) is 0 Å². The van der Waals surface area contributed by atoms with Crippen LogP contribution in [0.3, 0.4) is 0 Å². The van der Waals surface area contributed by atoms with Crippen LogP contribution in [0.4, 0.5) is 0 Å². The summed E-state index contributed by atoms with van der Waals surface area (Å²) >= 11 is 5.01. The minimum Gasteiger partial charge on any atom is -0.298 e. The fourth-order valence-electron chi connectivity index (χ4n) is 2.12. The van der Waals surface area contributed by atoms with Gasteiger partial charge in [-0.2, -0.15) is 0 Å². The van der Waals surface area contributed by atoms with E-state index in [0.717, 1.165) is 28.4 Å². The van der Waals surface area contributed by atoms with Gasteiger partial charge in [-0.25, -0.2) is 4.98 Å². The molecule has 0 bridgehead atoms. The highest BCUT2D eigenvalue weighted by atomic mass is 79.9. The second-order valence-corrected chi connectivity index (χ2v) is 6.17. The van der Waals surface area contributed by atoms with E-state index in [9.17, 15) is 4.79 Å². The molecule has 0 aliphatic carbocycles. The summed E-state index contributed by atoms with van der Waals surface area (Å²) in [6, 6.07) is 2.04. The molecule has 2 rings (SSSR count). The molecule has 0 saturated carbocycles. The topological polar surface area (TPSA) is 34.9 Å². The maximum absolute atomic E-state index is 12.2. The van der Waals surface area contributed by atoms with Crippen molar-refractivity contribution in [2.75, 3.05) is 5.33 Å². The van der Waals surface area contributed by atoms with Crippen LogP contribution >= 0.6 is 27.3 Å². The Hall–Kier alpha value is -0.680. The third kappa shape index (κ3) is 2.52. The van der Waals surface area contributed by atoms with E-state index < -0.39 is 0 Å². The predicted octanol–water partition coefficient (Wildman–Crippen LogP) is 3.76. The number of aryl methyl sites for hydroxylation is 1. The number of aromatic nitrogens is 2. The molecule has 0 aliphatic heterocycles. The molecule has 0 saturated heterocycles. The summed E-state index contributed by atoms with van der Waals surface area (Å²) in [5.41, 5.74) is 0.0768. The second kappa shape index (κ2) is 5.97. The Labute approximate surface area is 119 Å². The van der Waals surface area contributed by atoms with Gasteiger partial charge in [-0.05, 0) is 24.8 Å². The first-order chi connectivity index (χ1) is 8.71. The lowest BCUT2D eigenvalue weighted by Gasteiger charge is -2.07.